The molecule has 2 atom stereocenters. The van der Waals surface area contributed by atoms with Crippen LogP contribution in [0.25, 0.3) is 0 Å². The zero-order valence-electron chi connectivity index (χ0n) is 12.3. The molecular formula is C15H20N2O3S. The van der Waals surface area contributed by atoms with Crippen molar-refractivity contribution in [2.75, 3.05) is 7.11 Å². The number of nitriles is 1. The smallest absolute Gasteiger partial charge is 0.241 e. The zero-order valence-corrected chi connectivity index (χ0v) is 13.1. The number of sulfonamides is 1. The Morgan fingerprint density at radius 2 is 2.05 bits per heavy atom. The number of rotatable bonds is 4. The van der Waals surface area contributed by atoms with Crippen LogP contribution in [0.3, 0.4) is 0 Å². The summed E-state index contributed by atoms with van der Waals surface area (Å²) in [5.41, 5.74) is -0.990. The van der Waals surface area contributed by atoms with Crippen molar-refractivity contribution >= 4 is 10.0 Å². The molecule has 1 aromatic rings. The molecule has 0 heterocycles. The minimum absolute atomic E-state index is 0.149. The lowest BCUT2D eigenvalue weighted by Crippen LogP contribution is -2.49. The third-order valence-corrected chi connectivity index (χ3v) is 5.46. The molecule has 0 saturated heterocycles. The molecular weight excluding hydrogens is 288 g/mol. The number of methoxy groups -OCH3 is 1. The van der Waals surface area contributed by atoms with Crippen molar-refractivity contribution in [2.24, 2.45) is 5.92 Å². The summed E-state index contributed by atoms with van der Waals surface area (Å²) in [5, 5.41) is 9.45. The first-order chi connectivity index (χ1) is 9.91. The molecule has 0 amide bonds. The summed E-state index contributed by atoms with van der Waals surface area (Å²) in [6.07, 6.45) is 3.01. The maximum Gasteiger partial charge on any atom is 0.241 e. The van der Waals surface area contributed by atoms with Crippen LogP contribution in [0, 0.1) is 17.2 Å². The molecule has 1 saturated carbocycles. The van der Waals surface area contributed by atoms with Crippen LogP contribution < -0.4 is 9.46 Å². The van der Waals surface area contributed by atoms with Crippen LogP contribution in [0.15, 0.2) is 29.2 Å². The maximum absolute atomic E-state index is 12.5. The van der Waals surface area contributed by atoms with Crippen molar-refractivity contribution in [1.29, 1.82) is 5.26 Å². The molecule has 0 aromatic heterocycles. The second kappa shape index (κ2) is 6.04. The first-order valence-electron chi connectivity index (χ1n) is 7.00. The molecule has 0 bridgehead atoms. The fraction of sp³-hybridized carbons (Fsp3) is 0.533. The number of nitrogens with one attached hydrogen (secondary N) is 1. The Morgan fingerprint density at radius 1 is 1.38 bits per heavy atom. The van der Waals surface area contributed by atoms with Gasteiger partial charge in [-0.05, 0) is 43.0 Å². The SMILES string of the molecule is COc1ccc(S(=O)(=O)N[C@@]2(C#N)CCC[C@H](C)C2)cc1. The lowest BCUT2D eigenvalue weighted by Gasteiger charge is -2.34. The Bertz CT molecular complexity index is 634. The van der Waals surface area contributed by atoms with Crippen LogP contribution >= 0.6 is 0 Å². The van der Waals surface area contributed by atoms with Gasteiger partial charge >= 0.3 is 0 Å². The van der Waals surface area contributed by atoms with Crippen LogP contribution in [0.2, 0.25) is 0 Å². The quantitative estimate of drug-likeness (QED) is 0.926. The monoisotopic (exact) mass is 308 g/mol. The Labute approximate surface area is 126 Å². The van der Waals surface area contributed by atoms with Gasteiger partial charge in [0.2, 0.25) is 10.0 Å². The van der Waals surface area contributed by atoms with E-state index < -0.39 is 15.6 Å². The number of hydrogen-bond acceptors (Lipinski definition) is 4. The first kappa shape index (κ1) is 15.8. The highest BCUT2D eigenvalue weighted by atomic mass is 32.2. The third kappa shape index (κ3) is 3.55. The van der Waals surface area contributed by atoms with E-state index in [-0.39, 0.29) is 4.90 Å². The van der Waals surface area contributed by atoms with Gasteiger partial charge in [-0.1, -0.05) is 19.8 Å². The normalized spacial score (nSPS) is 26.0. The van der Waals surface area contributed by atoms with Gasteiger partial charge in [0.05, 0.1) is 18.1 Å². The summed E-state index contributed by atoms with van der Waals surface area (Å²) < 4.78 is 32.6. The van der Waals surface area contributed by atoms with Gasteiger partial charge in [-0.2, -0.15) is 9.98 Å². The molecule has 1 aliphatic rings. The van der Waals surface area contributed by atoms with Gasteiger partial charge < -0.3 is 4.74 Å². The summed E-state index contributed by atoms with van der Waals surface area (Å²) in [4.78, 5) is 0.149. The van der Waals surface area contributed by atoms with E-state index >= 15 is 0 Å². The van der Waals surface area contributed by atoms with E-state index in [1.165, 1.54) is 19.2 Å². The lowest BCUT2D eigenvalue weighted by molar-refractivity contribution is 0.270. The minimum atomic E-state index is -3.71. The first-order valence-corrected chi connectivity index (χ1v) is 8.48. The summed E-state index contributed by atoms with van der Waals surface area (Å²) in [6.45, 7) is 2.05. The molecule has 0 radical (unpaired) electrons. The molecule has 114 valence electrons. The molecule has 1 N–H and O–H groups in total. The van der Waals surface area contributed by atoms with Crippen molar-refractivity contribution in [3.05, 3.63) is 24.3 Å². The van der Waals surface area contributed by atoms with Crippen LogP contribution in [0.4, 0.5) is 0 Å². The fourth-order valence-corrected chi connectivity index (χ4v) is 4.20. The maximum atomic E-state index is 12.5. The van der Waals surface area contributed by atoms with E-state index in [4.69, 9.17) is 4.74 Å². The topological polar surface area (TPSA) is 79.2 Å². The van der Waals surface area contributed by atoms with Gasteiger partial charge in [0.15, 0.2) is 0 Å². The Hall–Kier alpha value is -1.58. The lowest BCUT2D eigenvalue weighted by atomic mass is 9.78. The van der Waals surface area contributed by atoms with E-state index in [1.807, 2.05) is 6.92 Å². The highest BCUT2D eigenvalue weighted by Crippen LogP contribution is 2.33. The Morgan fingerprint density at radius 3 is 2.57 bits per heavy atom. The third-order valence-electron chi connectivity index (χ3n) is 3.91. The van der Waals surface area contributed by atoms with Crippen molar-refractivity contribution in [1.82, 2.24) is 4.72 Å². The Kier molecular flexibility index (Phi) is 4.55. The van der Waals surface area contributed by atoms with Gasteiger partial charge in [-0.15, -0.1) is 0 Å². The Balaban J connectivity index is 2.24. The summed E-state index contributed by atoms with van der Waals surface area (Å²) >= 11 is 0. The van der Waals surface area contributed by atoms with Crippen molar-refractivity contribution in [2.45, 2.75) is 43.0 Å². The molecule has 6 heteroatoms. The van der Waals surface area contributed by atoms with Crippen LogP contribution in [0.5, 0.6) is 5.75 Å². The average Bonchev–Trinajstić information content (AvgIpc) is 2.47. The number of benzene rings is 1. The highest BCUT2D eigenvalue weighted by Gasteiger charge is 2.39. The van der Waals surface area contributed by atoms with Gasteiger partial charge in [0.25, 0.3) is 0 Å². The predicted molar refractivity (Wildman–Crippen MR) is 79.3 cm³/mol. The number of hydrogen-bond donors (Lipinski definition) is 1. The van der Waals surface area contributed by atoms with E-state index in [0.717, 1.165) is 12.8 Å². The molecule has 1 aromatic carbocycles. The zero-order chi connectivity index (χ0) is 15.5. The van der Waals surface area contributed by atoms with E-state index in [2.05, 4.69) is 10.8 Å². The van der Waals surface area contributed by atoms with Crippen LogP contribution in [-0.4, -0.2) is 21.1 Å². The standard InChI is InChI=1S/C15H20N2O3S/c1-12-4-3-9-15(10-12,11-16)17-21(18,19)14-7-5-13(20-2)6-8-14/h5-8,12,17H,3-4,9-10H2,1-2H3/t12-,15-/m0/s1. The average molecular weight is 308 g/mol. The molecule has 21 heavy (non-hydrogen) atoms. The largest absolute Gasteiger partial charge is 0.497 e. The second-order valence-electron chi connectivity index (χ2n) is 5.68. The van der Waals surface area contributed by atoms with Crippen molar-refractivity contribution in [3.8, 4) is 11.8 Å². The molecule has 1 aliphatic carbocycles. The summed E-state index contributed by atoms with van der Waals surface area (Å²) in [7, 11) is -2.18. The molecule has 0 spiro atoms. The molecule has 0 unspecified atom stereocenters. The molecule has 2 rings (SSSR count). The van der Waals surface area contributed by atoms with Gasteiger partial charge in [-0.3, -0.25) is 0 Å². The van der Waals surface area contributed by atoms with E-state index in [1.54, 1.807) is 12.1 Å². The molecule has 5 nitrogen and oxygen atoms in total. The van der Waals surface area contributed by atoms with Gasteiger partial charge in [0, 0.05) is 0 Å². The van der Waals surface area contributed by atoms with Gasteiger partial charge in [0.1, 0.15) is 11.3 Å². The van der Waals surface area contributed by atoms with Crippen LogP contribution in [0.1, 0.15) is 32.6 Å². The number of nitrogens with zero attached hydrogens (tertiary/aromatic N) is 1. The summed E-state index contributed by atoms with van der Waals surface area (Å²) in [5.74, 6) is 0.937. The number of ether oxygens (including phenoxy) is 1. The van der Waals surface area contributed by atoms with Crippen molar-refractivity contribution in [3.63, 3.8) is 0 Å². The minimum Gasteiger partial charge on any atom is -0.497 e. The molecule has 0 aliphatic heterocycles. The van der Waals surface area contributed by atoms with Crippen LogP contribution in [-0.2, 0) is 10.0 Å². The highest BCUT2D eigenvalue weighted by molar-refractivity contribution is 7.89. The van der Waals surface area contributed by atoms with E-state index in [0.29, 0.717) is 24.5 Å². The van der Waals surface area contributed by atoms with E-state index in [9.17, 15) is 13.7 Å². The second-order valence-corrected chi connectivity index (χ2v) is 7.36. The predicted octanol–water partition coefficient (Wildman–Crippen LogP) is 2.45. The van der Waals surface area contributed by atoms with Crippen molar-refractivity contribution < 1.29 is 13.2 Å². The summed E-state index contributed by atoms with van der Waals surface area (Å²) in [6, 6.07) is 8.34. The van der Waals surface area contributed by atoms with Gasteiger partial charge in [-0.25, -0.2) is 8.42 Å². The molecule has 1 fully saturated rings. The fourth-order valence-electron chi connectivity index (χ4n) is 2.84.